The quantitative estimate of drug-likeness (QED) is 0.885. The largest absolute Gasteiger partial charge is 0.478 e. The molecule has 0 amide bonds. The Kier molecular flexibility index (Phi) is 3.48. The summed E-state index contributed by atoms with van der Waals surface area (Å²) < 4.78 is 26.2. The number of carboxylic acids is 1. The van der Waals surface area contributed by atoms with Crippen molar-refractivity contribution in [2.24, 2.45) is 0 Å². The third-order valence-corrected chi connectivity index (χ3v) is 3.57. The molecule has 98 valence electrons. The summed E-state index contributed by atoms with van der Waals surface area (Å²) in [4.78, 5) is 14.5. The summed E-state index contributed by atoms with van der Waals surface area (Å²) in [6.45, 7) is 0. The van der Waals surface area contributed by atoms with Crippen LogP contribution in [0.4, 0.5) is 5.69 Å². The highest BCUT2D eigenvalue weighted by molar-refractivity contribution is 7.92. The zero-order valence-corrected chi connectivity index (χ0v) is 10.5. The molecule has 2 rings (SSSR count). The molecule has 2 aromatic rings. The average Bonchev–Trinajstić information content (AvgIpc) is 2.39. The van der Waals surface area contributed by atoms with Gasteiger partial charge in [0.25, 0.3) is 10.0 Å². The summed E-state index contributed by atoms with van der Waals surface area (Å²) in [6, 6.07) is 10.0. The highest BCUT2D eigenvalue weighted by Crippen LogP contribution is 2.15. The van der Waals surface area contributed by atoms with Gasteiger partial charge in [-0.05, 0) is 30.3 Å². The molecule has 1 aromatic heterocycles. The van der Waals surface area contributed by atoms with Gasteiger partial charge in [-0.15, -0.1) is 0 Å². The molecule has 19 heavy (non-hydrogen) atoms. The minimum Gasteiger partial charge on any atom is -0.478 e. The molecule has 0 saturated heterocycles. The third-order valence-electron chi connectivity index (χ3n) is 2.27. The van der Waals surface area contributed by atoms with E-state index in [4.69, 9.17) is 5.11 Å². The summed E-state index contributed by atoms with van der Waals surface area (Å²) in [5, 5.41) is 8.71. The molecule has 6 nitrogen and oxygen atoms in total. The molecule has 0 atom stereocenters. The lowest BCUT2D eigenvalue weighted by molar-refractivity contribution is 0.0697. The van der Waals surface area contributed by atoms with Gasteiger partial charge in [-0.2, -0.15) is 8.42 Å². The second kappa shape index (κ2) is 5.07. The Hall–Kier alpha value is -2.41. The maximum absolute atomic E-state index is 12.0. The van der Waals surface area contributed by atoms with Crippen LogP contribution in [0.3, 0.4) is 0 Å². The molecule has 0 radical (unpaired) electrons. The van der Waals surface area contributed by atoms with Crippen molar-refractivity contribution >= 4 is 21.7 Å². The van der Waals surface area contributed by atoms with Crippen molar-refractivity contribution in [3.63, 3.8) is 0 Å². The van der Waals surface area contributed by atoms with E-state index in [1.54, 1.807) is 12.1 Å². The van der Waals surface area contributed by atoms with E-state index in [-0.39, 0.29) is 16.3 Å². The fourth-order valence-corrected chi connectivity index (χ4v) is 2.43. The number of nitrogens with one attached hydrogen (secondary N) is 1. The Bertz CT molecular complexity index is 699. The van der Waals surface area contributed by atoms with Gasteiger partial charge in [0.15, 0.2) is 5.03 Å². The molecule has 0 fully saturated rings. The number of anilines is 1. The number of carbonyl (C=O) groups is 1. The van der Waals surface area contributed by atoms with Crippen LogP contribution >= 0.6 is 0 Å². The second-order valence-corrected chi connectivity index (χ2v) is 5.29. The van der Waals surface area contributed by atoms with Crippen molar-refractivity contribution in [1.82, 2.24) is 4.98 Å². The zero-order valence-electron chi connectivity index (χ0n) is 9.65. The van der Waals surface area contributed by atoms with Gasteiger partial charge >= 0.3 is 5.97 Å². The Labute approximate surface area is 109 Å². The average molecular weight is 278 g/mol. The first kappa shape index (κ1) is 13.0. The standard InChI is InChI=1S/C12H10N2O4S/c15-12(16)9-4-3-5-10(8-9)14-19(17,18)11-6-1-2-7-13-11/h1-8,14H,(H,15,16). The lowest BCUT2D eigenvalue weighted by atomic mass is 10.2. The number of hydrogen-bond acceptors (Lipinski definition) is 4. The van der Waals surface area contributed by atoms with Crippen LogP contribution in [0.5, 0.6) is 0 Å². The normalized spacial score (nSPS) is 10.9. The van der Waals surface area contributed by atoms with Crippen LogP contribution < -0.4 is 4.72 Å². The van der Waals surface area contributed by atoms with Gasteiger partial charge in [0.1, 0.15) is 0 Å². The molecule has 0 aliphatic rings. The Morgan fingerprint density at radius 3 is 2.58 bits per heavy atom. The number of sulfonamides is 1. The number of nitrogens with zero attached hydrogens (tertiary/aromatic N) is 1. The van der Waals surface area contributed by atoms with Gasteiger partial charge in [0.2, 0.25) is 0 Å². The summed E-state index contributed by atoms with van der Waals surface area (Å²) in [7, 11) is -3.81. The van der Waals surface area contributed by atoms with Gasteiger partial charge in [-0.3, -0.25) is 4.72 Å². The van der Waals surface area contributed by atoms with Crippen LogP contribution in [0.2, 0.25) is 0 Å². The molecule has 0 unspecified atom stereocenters. The molecule has 1 aromatic carbocycles. The van der Waals surface area contributed by atoms with E-state index in [0.717, 1.165) is 0 Å². The molecule has 0 saturated carbocycles. The predicted octanol–water partition coefficient (Wildman–Crippen LogP) is 1.58. The van der Waals surface area contributed by atoms with E-state index in [1.165, 1.54) is 36.5 Å². The van der Waals surface area contributed by atoms with E-state index in [0.29, 0.717) is 0 Å². The van der Waals surface area contributed by atoms with Gasteiger partial charge in [0.05, 0.1) is 5.56 Å². The molecule has 0 aliphatic carbocycles. The third kappa shape index (κ3) is 3.08. The SMILES string of the molecule is O=C(O)c1cccc(NS(=O)(=O)c2ccccn2)c1. The monoisotopic (exact) mass is 278 g/mol. The van der Waals surface area contributed by atoms with Crippen molar-refractivity contribution in [2.75, 3.05) is 4.72 Å². The number of aromatic carboxylic acids is 1. The van der Waals surface area contributed by atoms with Crippen molar-refractivity contribution in [3.8, 4) is 0 Å². The maximum atomic E-state index is 12.0. The van der Waals surface area contributed by atoms with E-state index in [9.17, 15) is 13.2 Å². The fraction of sp³-hybridized carbons (Fsp3) is 0. The van der Waals surface area contributed by atoms with Gasteiger partial charge in [-0.25, -0.2) is 9.78 Å². The van der Waals surface area contributed by atoms with Crippen molar-refractivity contribution < 1.29 is 18.3 Å². The lowest BCUT2D eigenvalue weighted by Gasteiger charge is -2.07. The highest BCUT2D eigenvalue weighted by atomic mass is 32.2. The molecule has 1 heterocycles. The Balaban J connectivity index is 2.31. The van der Waals surface area contributed by atoms with E-state index >= 15 is 0 Å². The minimum atomic E-state index is -3.81. The van der Waals surface area contributed by atoms with Gasteiger partial charge in [0, 0.05) is 11.9 Å². The topological polar surface area (TPSA) is 96.4 Å². The number of pyridine rings is 1. The van der Waals surface area contributed by atoms with E-state index in [2.05, 4.69) is 9.71 Å². The number of carboxylic acid groups (broad SMARTS) is 1. The van der Waals surface area contributed by atoms with Crippen molar-refractivity contribution in [1.29, 1.82) is 0 Å². The second-order valence-electron chi connectivity index (χ2n) is 3.66. The fourth-order valence-electron chi connectivity index (χ4n) is 1.43. The molecule has 7 heteroatoms. The number of aromatic nitrogens is 1. The molecular weight excluding hydrogens is 268 g/mol. The number of rotatable bonds is 4. The smallest absolute Gasteiger partial charge is 0.335 e. The first-order chi connectivity index (χ1) is 8.99. The van der Waals surface area contributed by atoms with Gasteiger partial charge < -0.3 is 5.11 Å². The van der Waals surface area contributed by atoms with Crippen LogP contribution in [0.25, 0.3) is 0 Å². The minimum absolute atomic E-state index is 0.00113. The molecule has 0 aliphatic heterocycles. The summed E-state index contributed by atoms with van der Waals surface area (Å²) in [5.74, 6) is -1.13. The first-order valence-electron chi connectivity index (χ1n) is 5.26. The number of hydrogen-bond donors (Lipinski definition) is 2. The van der Waals surface area contributed by atoms with Crippen LogP contribution in [0.1, 0.15) is 10.4 Å². The van der Waals surface area contributed by atoms with Crippen LogP contribution in [-0.2, 0) is 10.0 Å². The molecule has 2 N–H and O–H groups in total. The van der Waals surface area contributed by atoms with Crippen LogP contribution in [0, 0.1) is 0 Å². The molecule has 0 bridgehead atoms. The van der Waals surface area contributed by atoms with Gasteiger partial charge in [-0.1, -0.05) is 12.1 Å². The highest BCUT2D eigenvalue weighted by Gasteiger charge is 2.15. The predicted molar refractivity (Wildman–Crippen MR) is 68.4 cm³/mol. The van der Waals surface area contributed by atoms with E-state index < -0.39 is 16.0 Å². The molecule has 0 spiro atoms. The zero-order chi connectivity index (χ0) is 13.9. The van der Waals surface area contributed by atoms with Crippen molar-refractivity contribution in [2.45, 2.75) is 5.03 Å². The maximum Gasteiger partial charge on any atom is 0.335 e. The summed E-state index contributed by atoms with van der Waals surface area (Å²) in [5.41, 5.74) is 0.173. The lowest BCUT2D eigenvalue weighted by Crippen LogP contribution is -2.14. The van der Waals surface area contributed by atoms with Crippen molar-refractivity contribution in [3.05, 3.63) is 54.2 Å². The Morgan fingerprint density at radius 2 is 1.95 bits per heavy atom. The number of benzene rings is 1. The molecular formula is C12H10N2O4S. The van der Waals surface area contributed by atoms with Crippen LogP contribution in [0.15, 0.2) is 53.7 Å². The Morgan fingerprint density at radius 1 is 1.16 bits per heavy atom. The summed E-state index contributed by atoms with van der Waals surface area (Å²) in [6.07, 6.45) is 1.36. The van der Waals surface area contributed by atoms with E-state index in [1.807, 2.05) is 0 Å². The first-order valence-corrected chi connectivity index (χ1v) is 6.74. The van der Waals surface area contributed by atoms with Crippen LogP contribution in [-0.4, -0.2) is 24.5 Å². The summed E-state index contributed by atoms with van der Waals surface area (Å²) >= 11 is 0.